The van der Waals surface area contributed by atoms with Crippen molar-refractivity contribution in [2.24, 2.45) is 11.3 Å². The molecule has 0 heterocycles. The van der Waals surface area contributed by atoms with Gasteiger partial charge in [0.15, 0.2) is 5.78 Å². The third kappa shape index (κ3) is 1.33. The van der Waals surface area contributed by atoms with Gasteiger partial charge in [0.1, 0.15) is 5.78 Å². The van der Waals surface area contributed by atoms with Gasteiger partial charge < -0.3 is 0 Å². The summed E-state index contributed by atoms with van der Waals surface area (Å²) in [7, 11) is 0. The Labute approximate surface area is 100 Å². The highest BCUT2D eigenvalue weighted by Gasteiger charge is 2.53. The van der Waals surface area contributed by atoms with Gasteiger partial charge in [0.05, 0.1) is 11.3 Å². The Hall–Kier alpha value is -1.70. The monoisotopic (exact) mass is 226 g/mol. The Morgan fingerprint density at radius 2 is 1.88 bits per heavy atom. The molecule has 86 valence electrons. The molecule has 2 nitrogen and oxygen atoms in total. The van der Waals surface area contributed by atoms with Gasteiger partial charge >= 0.3 is 0 Å². The second kappa shape index (κ2) is 3.39. The van der Waals surface area contributed by atoms with Gasteiger partial charge in [-0.3, -0.25) is 9.59 Å². The molecule has 0 N–H and O–H groups in total. The van der Waals surface area contributed by atoms with Crippen LogP contribution in [0.3, 0.4) is 0 Å². The zero-order chi connectivity index (χ0) is 12.0. The molecule has 1 fully saturated rings. The molecule has 2 atom stereocenters. The maximum absolute atomic E-state index is 12.2. The van der Waals surface area contributed by atoms with Crippen molar-refractivity contribution < 1.29 is 9.59 Å². The molecule has 1 aromatic carbocycles. The minimum absolute atomic E-state index is 0.106. The molecule has 0 spiro atoms. The van der Waals surface area contributed by atoms with Crippen molar-refractivity contribution in [1.29, 1.82) is 0 Å². The highest BCUT2D eigenvalue weighted by atomic mass is 16.2. The number of rotatable bonds is 1. The second-order valence-corrected chi connectivity index (χ2v) is 5.11. The predicted molar refractivity (Wildman–Crippen MR) is 65.3 cm³/mol. The molecule has 0 amide bonds. The first-order valence-electron chi connectivity index (χ1n) is 5.96. The summed E-state index contributed by atoms with van der Waals surface area (Å²) >= 11 is 0. The minimum Gasteiger partial charge on any atom is -0.299 e. The third-order valence-electron chi connectivity index (χ3n) is 4.08. The lowest BCUT2D eigenvalue weighted by atomic mass is 9.75. The van der Waals surface area contributed by atoms with Crippen molar-refractivity contribution in [3.63, 3.8) is 0 Å². The van der Waals surface area contributed by atoms with Crippen molar-refractivity contribution >= 4 is 17.1 Å². The lowest BCUT2D eigenvalue weighted by molar-refractivity contribution is -0.134. The Balaban J connectivity index is 2.07. The van der Waals surface area contributed by atoms with Gasteiger partial charge in [0, 0.05) is 6.42 Å². The SMILES string of the molecule is CC12CC=C(c3ccccc3)C(CC1=O)C2=O. The van der Waals surface area contributed by atoms with Crippen LogP contribution in [0.4, 0.5) is 0 Å². The summed E-state index contributed by atoms with van der Waals surface area (Å²) in [5.41, 5.74) is 1.38. The van der Waals surface area contributed by atoms with Crippen molar-refractivity contribution in [1.82, 2.24) is 0 Å². The van der Waals surface area contributed by atoms with E-state index in [0.717, 1.165) is 11.1 Å². The van der Waals surface area contributed by atoms with E-state index in [1.54, 1.807) is 6.92 Å². The summed E-state index contributed by atoms with van der Waals surface area (Å²) in [5.74, 6) is 0.0159. The van der Waals surface area contributed by atoms with Gasteiger partial charge in [0.2, 0.25) is 0 Å². The Kier molecular flexibility index (Phi) is 2.09. The van der Waals surface area contributed by atoms with Crippen molar-refractivity contribution in [2.45, 2.75) is 19.8 Å². The molecule has 2 bridgehead atoms. The first-order chi connectivity index (χ1) is 8.13. The topological polar surface area (TPSA) is 34.1 Å². The van der Waals surface area contributed by atoms with E-state index >= 15 is 0 Å². The van der Waals surface area contributed by atoms with Crippen molar-refractivity contribution in [3.05, 3.63) is 42.0 Å². The lowest BCUT2D eigenvalue weighted by Crippen LogP contribution is -2.32. The van der Waals surface area contributed by atoms with E-state index < -0.39 is 5.41 Å². The number of hydrogen-bond donors (Lipinski definition) is 0. The van der Waals surface area contributed by atoms with Gasteiger partial charge in [-0.25, -0.2) is 0 Å². The molecule has 0 radical (unpaired) electrons. The van der Waals surface area contributed by atoms with E-state index in [0.29, 0.717) is 12.8 Å². The highest BCUT2D eigenvalue weighted by molar-refractivity contribution is 6.19. The van der Waals surface area contributed by atoms with Crippen LogP contribution in [0.5, 0.6) is 0 Å². The Morgan fingerprint density at radius 3 is 2.59 bits per heavy atom. The molecule has 2 aliphatic carbocycles. The van der Waals surface area contributed by atoms with Gasteiger partial charge in [0.25, 0.3) is 0 Å². The zero-order valence-electron chi connectivity index (χ0n) is 9.77. The van der Waals surface area contributed by atoms with E-state index in [2.05, 4.69) is 6.08 Å². The number of allylic oxidation sites excluding steroid dienone is 2. The largest absolute Gasteiger partial charge is 0.299 e. The van der Waals surface area contributed by atoms with Crippen LogP contribution in [0.1, 0.15) is 25.3 Å². The molecule has 3 rings (SSSR count). The van der Waals surface area contributed by atoms with Crippen molar-refractivity contribution in [2.75, 3.05) is 0 Å². The fraction of sp³-hybridized carbons (Fsp3) is 0.333. The molecule has 0 saturated heterocycles. The number of ketones is 2. The molecule has 0 aromatic heterocycles. The van der Waals surface area contributed by atoms with Crippen LogP contribution in [-0.2, 0) is 9.59 Å². The molecule has 2 unspecified atom stereocenters. The number of carbonyl (C=O) groups is 2. The van der Waals surface area contributed by atoms with Gasteiger partial charge in [-0.1, -0.05) is 36.4 Å². The summed E-state index contributed by atoms with van der Waals surface area (Å²) in [6.45, 7) is 1.79. The summed E-state index contributed by atoms with van der Waals surface area (Å²) < 4.78 is 0. The third-order valence-corrected chi connectivity index (χ3v) is 4.08. The van der Waals surface area contributed by atoms with Gasteiger partial charge in [-0.15, -0.1) is 0 Å². The van der Waals surface area contributed by atoms with Crippen LogP contribution in [0.2, 0.25) is 0 Å². The van der Waals surface area contributed by atoms with E-state index in [9.17, 15) is 9.59 Å². The Morgan fingerprint density at radius 1 is 1.18 bits per heavy atom. The van der Waals surface area contributed by atoms with E-state index in [4.69, 9.17) is 0 Å². The second-order valence-electron chi connectivity index (χ2n) is 5.11. The zero-order valence-corrected chi connectivity index (χ0v) is 9.77. The van der Waals surface area contributed by atoms with Gasteiger partial charge in [-0.2, -0.15) is 0 Å². The van der Waals surface area contributed by atoms with Crippen LogP contribution in [0.25, 0.3) is 5.57 Å². The predicted octanol–water partition coefficient (Wildman–Crippen LogP) is 2.64. The highest BCUT2D eigenvalue weighted by Crippen LogP contribution is 2.48. The molecular weight excluding hydrogens is 212 g/mol. The van der Waals surface area contributed by atoms with E-state index in [1.165, 1.54) is 0 Å². The summed E-state index contributed by atoms with van der Waals surface area (Å²) in [5, 5.41) is 0. The van der Waals surface area contributed by atoms with Crippen LogP contribution >= 0.6 is 0 Å². The maximum atomic E-state index is 12.2. The number of carbonyl (C=O) groups excluding carboxylic acids is 2. The number of benzene rings is 1. The molecule has 1 aromatic rings. The van der Waals surface area contributed by atoms with E-state index in [1.807, 2.05) is 30.3 Å². The standard InChI is InChI=1S/C15H14O2/c1-15-8-7-11(10-5-3-2-4-6-10)12(14(15)17)9-13(15)16/h2-7,12H,8-9H2,1H3. The molecule has 0 aliphatic heterocycles. The number of fused-ring (bicyclic) bond motifs is 2. The summed E-state index contributed by atoms with van der Waals surface area (Å²) in [6, 6.07) is 9.89. The van der Waals surface area contributed by atoms with Crippen LogP contribution in [-0.4, -0.2) is 11.6 Å². The first kappa shape index (κ1) is 10.5. The molecular formula is C15H14O2. The maximum Gasteiger partial charge on any atom is 0.154 e. The fourth-order valence-corrected chi connectivity index (χ4v) is 2.90. The Bertz CT molecular complexity index is 527. The number of hydrogen-bond acceptors (Lipinski definition) is 2. The quantitative estimate of drug-likeness (QED) is 0.690. The molecule has 2 aliphatic rings. The molecule has 2 heteroatoms. The van der Waals surface area contributed by atoms with Crippen LogP contribution in [0.15, 0.2) is 36.4 Å². The fourth-order valence-electron chi connectivity index (χ4n) is 2.90. The van der Waals surface area contributed by atoms with Crippen LogP contribution < -0.4 is 0 Å². The smallest absolute Gasteiger partial charge is 0.154 e. The average molecular weight is 226 g/mol. The minimum atomic E-state index is -0.733. The summed E-state index contributed by atoms with van der Waals surface area (Å²) in [6.07, 6.45) is 3.02. The molecule has 17 heavy (non-hydrogen) atoms. The van der Waals surface area contributed by atoms with Crippen molar-refractivity contribution in [3.8, 4) is 0 Å². The first-order valence-corrected chi connectivity index (χ1v) is 5.96. The van der Waals surface area contributed by atoms with Crippen LogP contribution in [0, 0.1) is 11.3 Å². The average Bonchev–Trinajstić information content (AvgIpc) is 2.50. The van der Waals surface area contributed by atoms with Gasteiger partial charge in [-0.05, 0) is 24.5 Å². The summed E-state index contributed by atoms with van der Waals surface area (Å²) in [4.78, 5) is 24.2. The lowest BCUT2D eigenvalue weighted by Gasteiger charge is -2.25. The van der Waals surface area contributed by atoms with E-state index in [-0.39, 0.29) is 17.5 Å². The normalized spacial score (nSPS) is 31.6. The molecule has 1 saturated carbocycles. The number of Topliss-reactive ketones (excluding diaryl/α,β-unsaturated/α-hetero) is 2.